The lowest BCUT2D eigenvalue weighted by Gasteiger charge is -2.33. The fraction of sp³-hybridized carbons (Fsp3) is 0.375. The zero-order valence-electron chi connectivity index (χ0n) is 22.8. The fourth-order valence-electron chi connectivity index (χ4n) is 4.40. The summed E-state index contributed by atoms with van der Waals surface area (Å²) < 4.78 is 5.34. The summed E-state index contributed by atoms with van der Waals surface area (Å²) in [5.41, 5.74) is 3.42. The molecule has 1 amide bonds. The highest BCUT2D eigenvalue weighted by atomic mass is 35.5. The number of ketones is 1. The molecule has 0 radical (unpaired) electrons. The van der Waals surface area contributed by atoms with Crippen LogP contribution in [-0.4, -0.2) is 18.8 Å². The zero-order chi connectivity index (χ0) is 27.2. The molecule has 0 aromatic heterocycles. The van der Waals surface area contributed by atoms with Gasteiger partial charge in [0.05, 0.1) is 7.11 Å². The van der Waals surface area contributed by atoms with Gasteiger partial charge in [0.1, 0.15) is 11.8 Å². The Bertz CT molecular complexity index is 1190. The van der Waals surface area contributed by atoms with E-state index < -0.39 is 6.04 Å². The molecule has 1 unspecified atom stereocenters. The first-order chi connectivity index (χ1) is 17.5. The Morgan fingerprint density at radius 3 is 2.11 bits per heavy atom. The number of Topliss-reactive ketones (excluding diaryl/α,β-unsaturated/α-hetero) is 1. The first kappa shape index (κ1) is 28.5. The number of halogens is 1. The maximum absolute atomic E-state index is 14.0. The molecule has 3 rings (SSSR count). The fourth-order valence-corrected chi connectivity index (χ4v) is 4.53. The van der Waals surface area contributed by atoms with Crippen LogP contribution < -0.4 is 9.64 Å². The van der Waals surface area contributed by atoms with Crippen LogP contribution in [0.4, 0.5) is 5.69 Å². The summed E-state index contributed by atoms with van der Waals surface area (Å²) >= 11 is 6.18. The Hall–Kier alpha value is -3.11. The number of amides is 1. The van der Waals surface area contributed by atoms with Gasteiger partial charge in [0, 0.05) is 23.6 Å². The van der Waals surface area contributed by atoms with Gasteiger partial charge in [0.25, 0.3) is 0 Å². The van der Waals surface area contributed by atoms with Gasteiger partial charge in [0.2, 0.25) is 5.91 Å². The van der Waals surface area contributed by atoms with Gasteiger partial charge in [-0.3, -0.25) is 14.5 Å². The van der Waals surface area contributed by atoms with E-state index in [1.54, 1.807) is 24.1 Å². The molecule has 0 aliphatic heterocycles. The predicted octanol–water partition coefficient (Wildman–Crippen LogP) is 8.18. The van der Waals surface area contributed by atoms with Crippen molar-refractivity contribution in [2.75, 3.05) is 12.0 Å². The second-order valence-electron chi connectivity index (χ2n) is 11.0. The summed E-state index contributed by atoms with van der Waals surface area (Å²) in [6.07, 6.45) is 1.13. The van der Waals surface area contributed by atoms with Crippen LogP contribution in [0, 0.1) is 5.41 Å². The number of aryl methyl sites for hydroxylation is 1. The lowest BCUT2D eigenvalue weighted by molar-refractivity contribution is -0.126. The second kappa shape index (κ2) is 12.4. The van der Waals surface area contributed by atoms with E-state index >= 15 is 0 Å². The van der Waals surface area contributed by atoms with Gasteiger partial charge in [-0.15, -0.1) is 0 Å². The third kappa shape index (κ3) is 7.93. The normalized spacial score (nSPS) is 12.3. The average Bonchev–Trinajstić information content (AvgIpc) is 2.85. The summed E-state index contributed by atoms with van der Waals surface area (Å²) in [6.45, 7) is 10.4. The van der Waals surface area contributed by atoms with Crippen LogP contribution in [0.2, 0.25) is 5.02 Å². The Kier molecular flexibility index (Phi) is 9.56. The summed E-state index contributed by atoms with van der Waals surface area (Å²) in [4.78, 5) is 29.5. The van der Waals surface area contributed by atoms with E-state index in [4.69, 9.17) is 16.3 Å². The van der Waals surface area contributed by atoms with Crippen molar-refractivity contribution >= 4 is 29.0 Å². The smallest absolute Gasteiger partial charge is 0.228 e. The SMILES string of the molecule is COc1cccc(CCC(=O)N(c2ccc(C(C)C)cc2)C(C(=O)CC(C)(C)C)c2ccc(Cl)cc2)c1. The Morgan fingerprint density at radius 1 is 0.919 bits per heavy atom. The highest BCUT2D eigenvalue weighted by molar-refractivity contribution is 6.30. The molecule has 0 saturated heterocycles. The molecule has 0 N–H and O–H groups in total. The molecular weight excluding hydrogens is 482 g/mol. The van der Waals surface area contributed by atoms with E-state index in [9.17, 15) is 9.59 Å². The van der Waals surface area contributed by atoms with E-state index in [2.05, 4.69) is 13.8 Å². The lowest BCUT2D eigenvalue weighted by Crippen LogP contribution is -2.40. The molecule has 0 aliphatic carbocycles. The van der Waals surface area contributed by atoms with Crippen molar-refractivity contribution < 1.29 is 14.3 Å². The number of ether oxygens (including phenoxy) is 1. The number of nitrogens with zero attached hydrogens (tertiary/aromatic N) is 1. The van der Waals surface area contributed by atoms with Gasteiger partial charge in [-0.05, 0) is 70.8 Å². The molecule has 0 spiro atoms. The molecule has 0 saturated carbocycles. The highest BCUT2D eigenvalue weighted by Gasteiger charge is 2.34. The van der Waals surface area contributed by atoms with Crippen molar-refractivity contribution in [1.82, 2.24) is 0 Å². The maximum atomic E-state index is 14.0. The number of hydrogen-bond acceptors (Lipinski definition) is 3. The molecule has 0 aliphatic rings. The molecule has 37 heavy (non-hydrogen) atoms. The highest BCUT2D eigenvalue weighted by Crippen LogP contribution is 2.34. The minimum absolute atomic E-state index is 0.00233. The van der Waals surface area contributed by atoms with Gasteiger partial charge < -0.3 is 4.74 Å². The Balaban J connectivity index is 2.05. The minimum Gasteiger partial charge on any atom is -0.497 e. The second-order valence-corrected chi connectivity index (χ2v) is 11.5. The van der Waals surface area contributed by atoms with Gasteiger partial charge in [-0.25, -0.2) is 0 Å². The topological polar surface area (TPSA) is 46.6 Å². The molecule has 0 fully saturated rings. The van der Waals surface area contributed by atoms with Crippen LogP contribution in [0.1, 0.15) is 76.1 Å². The predicted molar refractivity (Wildman–Crippen MR) is 153 cm³/mol. The van der Waals surface area contributed by atoms with E-state index in [1.807, 2.05) is 81.4 Å². The van der Waals surface area contributed by atoms with E-state index in [1.165, 1.54) is 5.56 Å². The van der Waals surface area contributed by atoms with Crippen molar-refractivity contribution in [3.63, 3.8) is 0 Å². The first-order valence-electron chi connectivity index (χ1n) is 12.8. The van der Waals surface area contributed by atoms with Gasteiger partial charge >= 0.3 is 0 Å². The maximum Gasteiger partial charge on any atom is 0.228 e. The van der Waals surface area contributed by atoms with Gasteiger partial charge in [0.15, 0.2) is 5.78 Å². The lowest BCUT2D eigenvalue weighted by atomic mass is 9.85. The van der Waals surface area contributed by atoms with Crippen molar-refractivity contribution in [1.29, 1.82) is 0 Å². The van der Waals surface area contributed by atoms with Crippen molar-refractivity contribution in [3.8, 4) is 5.75 Å². The van der Waals surface area contributed by atoms with Crippen LogP contribution >= 0.6 is 11.6 Å². The third-order valence-corrected chi connectivity index (χ3v) is 6.57. The summed E-state index contributed by atoms with van der Waals surface area (Å²) in [7, 11) is 1.63. The molecule has 196 valence electrons. The zero-order valence-corrected chi connectivity index (χ0v) is 23.5. The van der Waals surface area contributed by atoms with Crippen LogP contribution in [-0.2, 0) is 16.0 Å². The van der Waals surface area contributed by atoms with E-state index in [0.717, 1.165) is 16.9 Å². The number of anilines is 1. The average molecular weight is 520 g/mol. The molecule has 4 nitrogen and oxygen atoms in total. The number of hydrogen-bond donors (Lipinski definition) is 0. The van der Waals surface area contributed by atoms with E-state index in [-0.39, 0.29) is 23.5 Å². The minimum atomic E-state index is -0.751. The van der Waals surface area contributed by atoms with Crippen molar-refractivity contribution in [3.05, 3.63) is 94.5 Å². The number of methoxy groups -OCH3 is 1. The Labute approximate surface area is 226 Å². The molecule has 0 bridgehead atoms. The summed E-state index contributed by atoms with van der Waals surface area (Å²) in [6, 6.07) is 22.2. The molecular formula is C32H38ClNO3. The van der Waals surface area contributed by atoms with Gasteiger partial charge in [-0.1, -0.05) is 82.6 Å². The van der Waals surface area contributed by atoms with Crippen molar-refractivity contribution in [2.45, 2.75) is 65.8 Å². The third-order valence-electron chi connectivity index (χ3n) is 6.32. The van der Waals surface area contributed by atoms with E-state index in [0.29, 0.717) is 29.5 Å². The largest absolute Gasteiger partial charge is 0.497 e. The first-order valence-corrected chi connectivity index (χ1v) is 13.2. The molecule has 3 aromatic rings. The molecule has 1 atom stereocenters. The number of benzene rings is 3. The molecule has 3 aromatic carbocycles. The summed E-state index contributed by atoms with van der Waals surface area (Å²) in [5, 5.41) is 0.586. The van der Waals surface area contributed by atoms with Crippen molar-refractivity contribution in [2.24, 2.45) is 5.41 Å². The number of carbonyl (C=O) groups excluding carboxylic acids is 2. The quantitative estimate of drug-likeness (QED) is 0.271. The van der Waals surface area contributed by atoms with Crippen LogP contribution in [0.15, 0.2) is 72.8 Å². The summed E-state index contributed by atoms with van der Waals surface area (Å²) in [5.74, 6) is 1.01. The number of rotatable bonds is 10. The Morgan fingerprint density at radius 2 is 1.54 bits per heavy atom. The standard InChI is InChI=1S/C32H38ClNO3/c1-22(2)24-13-17-27(18-14-24)34(30(36)19-10-23-8-7-9-28(20-23)37-6)31(29(35)21-32(3,4)5)25-11-15-26(33)16-12-25/h7-9,11-18,20,22,31H,10,19,21H2,1-6H3. The molecule has 0 heterocycles. The molecule has 5 heteroatoms. The number of carbonyl (C=O) groups is 2. The van der Waals surface area contributed by atoms with Crippen LogP contribution in [0.25, 0.3) is 0 Å². The van der Waals surface area contributed by atoms with Crippen LogP contribution in [0.5, 0.6) is 5.75 Å². The van der Waals surface area contributed by atoms with Crippen LogP contribution in [0.3, 0.4) is 0 Å². The van der Waals surface area contributed by atoms with Gasteiger partial charge in [-0.2, -0.15) is 0 Å². The monoisotopic (exact) mass is 519 g/mol.